The molecule has 0 unspecified atom stereocenters. The molecule has 0 atom stereocenters. The number of nitrogens with two attached hydrogens (primary N) is 1. The van der Waals surface area contributed by atoms with Crippen molar-refractivity contribution in [3.8, 4) is 11.3 Å². The number of nitrogens with zero attached hydrogens (tertiary/aromatic N) is 2. The van der Waals surface area contributed by atoms with E-state index in [0.717, 1.165) is 30.6 Å². The molecule has 2 N–H and O–H groups in total. The van der Waals surface area contributed by atoms with E-state index in [0.29, 0.717) is 5.82 Å². The first-order valence-corrected chi connectivity index (χ1v) is 5.80. The van der Waals surface area contributed by atoms with Crippen molar-refractivity contribution in [3.05, 3.63) is 36.1 Å². The van der Waals surface area contributed by atoms with Crippen molar-refractivity contribution < 1.29 is 4.39 Å². The van der Waals surface area contributed by atoms with Gasteiger partial charge in [-0.1, -0.05) is 25.5 Å². The number of aromatic nitrogens is 2. The van der Waals surface area contributed by atoms with Gasteiger partial charge < -0.3 is 5.73 Å². The van der Waals surface area contributed by atoms with E-state index in [2.05, 4.69) is 12.0 Å². The lowest BCUT2D eigenvalue weighted by Gasteiger charge is -2.01. The highest BCUT2D eigenvalue weighted by atomic mass is 19.1. The molecule has 0 aliphatic heterocycles. The third-order valence-electron chi connectivity index (χ3n) is 2.65. The zero-order valence-electron chi connectivity index (χ0n) is 9.86. The molecule has 0 aliphatic rings. The van der Waals surface area contributed by atoms with Gasteiger partial charge in [0.05, 0.1) is 5.69 Å². The highest BCUT2D eigenvalue weighted by Gasteiger charge is 2.07. The Morgan fingerprint density at radius 1 is 1.35 bits per heavy atom. The molecule has 1 aromatic carbocycles. The molecular weight excluding hydrogens is 217 g/mol. The van der Waals surface area contributed by atoms with Crippen molar-refractivity contribution in [3.63, 3.8) is 0 Å². The molecule has 2 rings (SSSR count). The highest BCUT2D eigenvalue weighted by Crippen LogP contribution is 2.21. The quantitative estimate of drug-likeness (QED) is 0.882. The number of hydrogen-bond donors (Lipinski definition) is 1. The lowest BCUT2D eigenvalue weighted by Crippen LogP contribution is -2.04. The van der Waals surface area contributed by atoms with Gasteiger partial charge in [-0.3, -0.25) is 0 Å². The van der Waals surface area contributed by atoms with E-state index in [4.69, 9.17) is 5.73 Å². The molecule has 0 spiro atoms. The van der Waals surface area contributed by atoms with Gasteiger partial charge in [-0.05, 0) is 18.6 Å². The maximum absolute atomic E-state index is 13.1. The minimum Gasteiger partial charge on any atom is -0.384 e. The van der Waals surface area contributed by atoms with Crippen molar-refractivity contribution in [2.75, 3.05) is 5.73 Å². The summed E-state index contributed by atoms with van der Waals surface area (Å²) in [6.45, 7) is 2.92. The summed E-state index contributed by atoms with van der Waals surface area (Å²) in [7, 11) is 0. The normalized spacial score (nSPS) is 10.7. The van der Waals surface area contributed by atoms with Crippen molar-refractivity contribution in [1.82, 2.24) is 9.78 Å². The van der Waals surface area contributed by atoms with E-state index >= 15 is 0 Å². The molecule has 0 amide bonds. The molecule has 17 heavy (non-hydrogen) atoms. The minimum atomic E-state index is -0.260. The summed E-state index contributed by atoms with van der Waals surface area (Å²) in [5, 5.41) is 4.38. The fraction of sp³-hybridized carbons (Fsp3) is 0.308. The summed E-state index contributed by atoms with van der Waals surface area (Å²) in [4.78, 5) is 0. The molecule has 0 saturated carbocycles. The van der Waals surface area contributed by atoms with E-state index in [9.17, 15) is 4.39 Å². The number of anilines is 1. The Hall–Kier alpha value is -1.84. The number of nitrogen functional groups attached to an aromatic ring is 1. The van der Waals surface area contributed by atoms with Crippen LogP contribution in [0.25, 0.3) is 11.3 Å². The topological polar surface area (TPSA) is 43.8 Å². The number of hydrogen-bond acceptors (Lipinski definition) is 2. The van der Waals surface area contributed by atoms with Crippen LogP contribution in [0.1, 0.15) is 19.8 Å². The van der Waals surface area contributed by atoms with Crippen LogP contribution in [0.3, 0.4) is 0 Å². The molecule has 2 aromatic rings. The summed E-state index contributed by atoms with van der Waals surface area (Å²) in [6, 6.07) is 8.16. The number of rotatable bonds is 4. The van der Waals surface area contributed by atoms with Gasteiger partial charge >= 0.3 is 0 Å². The van der Waals surface area contributed by atoms with Gasteiger partial charge in [0.2, 0.25) is 0 Å². The first-order valence-electron chi connectivity index (χ1n) is 5.80. The summed E-state index contributed by atoms with van der Waals surface area (Å²) in [5.41, 5.74) is 7.34. The van der Waals surface area contributed by atoms with Crippen molar-refractivity contribution in [2.45, 2.75) is 26.3 Å². The molecule has 0 saturated heterocycles. The Balaban J connectivity index is 2.28. The third-order valence-corrected chi connectivity index (χ3v) is 2.65. The first-order chi connectivity index (χ1) is 8.20. The van der Waals surface area contributed by atoms with Crippen LogP contribution in [-0.4, -0.2) is 9.78 Å². The van der Waals surface area contributed by atoms with Crippen LogP contribution in [0.2, 0.25) is 0 Å². The molecule has 0 bridgehead atoms. The number of benzene rings is 1. The van der Waals surface area contributed by atoms with Crippen LogP contribution in [0.4, 0.5) is 10.2 Å². The Bertz CT molecular complexity index is 505. The van der Waals surface area contributed by atoms with Crippen LogP contribution in [0.5, 0.6) is 0 Å². The fourth-order valence-electron chi connectivity index (χ4n) is 1.71. The van der Waals surface area contributed by atoms with E-state index in [1.54, 1.807) is 16.8 Å². The van der Waals surface area contributed by atoms with E-state index in [1.807, 2.05) is 6.07 Å². The molecule has 0 radical (unpaired) electrons. The van der Waals surface area contributed by atoms with E-state index < -0.39 is 0 Å². The lowest BCUT2D eigenvalue weighted by atomic mass is 10.1. The number of unbranched alkanes of at least 4 members (excludes halogenated alkanes) is 1. The Morgan fingerprint density at radius 2 is 2.18 bits per heavy atom. The van der Waals surface area contributed by atoms with E-state index in [1.165, 1.54) is 12.1 Å². The number of halogens is 1. The summed E-state index contributed by atoms with van der Waals surface area (Å²) < 4.78 is 14.9. The molecule has 1 heterocycles. The molecule has 1 aromatic heterocycles. The van der Waals surface area contributed by atoms with Gasteiger partial charge in [-0.25, -0.2) is 9.07 Å². The molecule has 0 aliphatic carbocycles. The average molecular weight is 233 g/mol. The SMILES string of the molecule is CCCCn1nc(-c2cccc(F)c2)cc1N. The number of aryl methyl sites for hydroxylation is 1. The zero-order valence-corrected chi connectivity index (χ0v) is 9.86. The highest BCUT2D eigenvalue weighted by molar-refractivity contribution is 5.62. The van der Waals surface area contributed by atoms with Crippen LogP contribution in [-0.2, 0) is 6.54 Å². The average Bonchev–Trinajstić information content (AvgIpc) is 2.68. The summed E-state index contributed by atoms with van der Waals surface area (Å²) in [6.07, 6.45) is 2.13. The van der Waals surface area contributed by atoms with Crippen LogP contribution in [0, 0.1) is 5.82 Å². The Morgan fingerprint density at radius 3 is 2.88 bits per heavy atom. The third kappa shape index (κ3) is 2.64. The second-order valence-corrected chi connectivity index (χ2v) is 4.04. The standard InChI is InChI=1S/C13H16FN3/c1-2-3-7-17-13(15)9-12(16-17)10-5-4-6-11(14)8-10/h4-6,8-9H,2-3,7,15H2,1H3. The second kappa shape index (κ2) is 4.99. The van der Waals surface area contributed by atoms with Crippen molar-refractivity contribution in [2.24, 2.45) is 0 Å². The monoisotopic (exact) mass is 233 g/mol. The van der Waals surface area contributed by atoms with Gasteiger partial charge in [-0.2, -0.15) is 5.10 Å². The van der Waals surface area contributed by atoms with Gasteiger partial charge in [0.25, 0.3) is 0 Å². The molecule has 0 fully saturated rings. The van der Waals surface area contributed by atoms with Crippen LogP contribution in [0.15, 0.2) is 30.3 Å². The minimum absolute atomic E-state index is 0.260. The van der Waals surface area contributed by atoms with E-state index in [-0.39, 0.29) is 5.82 Å². The largest absolute Gasteiger partial charge is 0.384 e. The van der Waals surface area contributed by atoms with Gasteiger partial charge in [0.1, 0.15) is 11.6 Å². The zero-order chi connectivity index (χ0) is 12.3. The Labute approximate surface area is 100 Å². The molecule has 4 heteroatoms. The van der Waals surface area contributed by atoms with Crippen molar-refractivity contribution >= 4 is 5.82 Å². The molecule has 90 valence electrons. The maximum Gasteiger partial charge on any atom is 0.123 e. The molecule has 3 nitrogen and oxygen atoms in total. The van der Waals surface area contributed by atoms with Crippen molar-refractivity contribution in [1.29, 1.82) is 0 Å². The van der Waals surface area contributed by atoms with Crippen LogP contribution < -0.4 is 5.73 Å². The maximum atomic E-state index is 13.1. The van der Waals surface area contributed by atoms with Gasteiger partial charge in [0.15, 0.2) is 0 Å². The lowest BCUT2D eigenvalue weighted by molar-refractivity contribution is 0.580. The predicted molar refractivity (Wildman–Crippen MR) is 66.9 cm³/mol. The second-order valence-electron chi connectivity index (χ2n) is 4.04. The Kier molecular flexibility index (Phi) is 3.42. The first kappa shape index (κ1) is 11.6. The summed E-state index contributed by atoms with van der Waals surface area (Å²) >= 11 is 0. The smallest absolute Gasteiger partial charge is 0.123 e. The van der Waals surface area contributed by atoms with Gasteiger partial charge in [0, 0.05) is 18.2 Å². The molecular formula is C13H16FN3. The van der Waals surface area contributed by atoms with Gasteiger partial charge in [-0.15, -0.1) is 0 Å². The fourth-order valence-corrected chi connectivity index (χ4v) is 1.71. The van der Waals surface area contributed by atoms with Crippen LogP contribution >= 0.6 is 0 Å². The summed E-state index contributed by atoms with van der Waals surface area (Å²) in [5.74, 6) is 0.363. The predicted octanol–water partition coefficient (Wildman–Crippen LogP) is 3.07.